The summed E-state index contributed by atoms with van der Waals surface area (Å²) in [6, 6.07) is -1.79. The zero-order chi connectivity index (χ0) is 15.7. The highest BCUT2D eigenvalue weighted by Crippen LogP contribution is 2.04. The number of nitrogens with zero attached hydrogens (tertiary/aromatic N) is 1. The van der Waals surface area contributed by atoms with Crippen molar-refractivity contribution in [2.24, 2.45) is 0 Å². The molecule has 0 spiro atoms. The van der Waals surface area contributed by atoms with Gasteiger partial charge in [-0.25, -0.2) is 9.59 Å². The SMILES string of the molecule is COC(=O)CN(C(=O)NC(CCSC)C(=O)O)C(C)C. The van der Waals surface area contributed by atoms with Gasteiger partial charge in [0.15, 0.2) is 0 Å². The van der Waals surface area contributed by atoms with E-state index in [9.17, 15) is 14.4 Å². The lowest BCUT2D eigenvalue weighted by Gasteiger charge is -2.27. The van der Waals surface area contributed by atoms with Crippen LogP contribution in [0.15, 0.2) is 0 Å². The number of carboxylic acids is 1. The summed E-state index contributed by atoms with van der Waals surface area (Å²) in [7, 11) is 1.23. The molecule has 2 N–H and O–H groups in total. The molecule has 2 amide bonds. The summed E-state index contributed by atoms with van der Waals surface area (Å²) >= 11 is 1.50. The smallest absolute Gasteiger partial charge is 0.326 e. The first-order valence-electron chi connectivity index (χ1n) is 6.19. The van der Waals surface area contributed by atoms with E-state index in [2.05, 4.69) is 10.1 Å². The Kier molecular flexibility index (Phi) is 8.78. The molecule has 8 heteroatoms. The number of carboxylic acid groups (broad SMARTS) is 1. The minimum atomic E-state index is -1.09. The van der Waals surface area contributed by atoms with E-state index in [0.29, 0.717) is 12.2 Å². The van der Waals surface area contributed by atoms with Crippen LogP contribution in [0.2, 0.25) is 0 Å². The number of aliphatic carboxylic acids is 1. The highest BCUT2D eigenvalue weighted by molar-refractivity contribution is 7.98. The van der Waals surface area contributed by atoms with Crippen LogP contribution >= 0.6 is 11.8 Å². The normalized spacial score (nSPS) is 11.8. The zero-order valence-corrected chi connectivity index (χ0v) is 13.0. The minimum Gasteiger partial charge on any atom is -0.480 e. The number of carbonyl (C=O) groups excluding carboxylic acids is 2. The first-order chi connectivity index (χ1) is 9.33. The zero-order valence-electron chi connectivity index (χ0n) is 12.2. The molecule has 20 heavy (non-hydrogen) atoms. The highest BCUT2D eigenvalue weighted by Gasteiger charge is 2.25. The van der Waals surface area contributed by atoms with Crippen LogP contribution in [0, 0.1) is 0 Å². The molecular formula is C12H22N2O5S. The highest BCUT2D eigenvalue weighted by atomic mass is 32.2. The Balaban J connectivity index is 4.70. The molecule has 0 aromatic heterocycles. The summed E-state index contributed by atoms with van der Waals surface area (Å²) < 4.78 is 4.52. The van der Waals surface area contributed by atoms with E-state index >= 15 is 0 Å². The largest absolute Gasteiger partial charge is 0.480 e. The third-order valence-electron chi connectivity index (χ3n) is 2.62. The molecule has 0 aliphatic heterocycles. The Labute approximate surface area is 123 Å². The number of rotatable bonds is 8. The number of hydrogen-bond acceptors (Lipinski definition) is 5. The standard InChI is InChI=1S/C12H22N2O5S/c1-8(2)14(7-10(15)19-3)12(18)13-9(11(16)17)5-6-20-4/h8-9H,5-7H2,1-4H3,(H,13,18)(H,16,17). The van der Waals surface area contributed by atoms with Gasteiger partial charge in [-0.05, 0) is 32.3 Å². The summed E-state index contributed by atoms with van der Waals surface area (Å²) in [5.74, 6) is -1.02. The molecule has 0 radical (unpaired) electrons. The maximum absolute atomic E-state index is 12.1. The van der Waals surface area contributed by atoms with Gasteiger partial charge in [-0.3, -0.25) is 4.79 Å². The molecule has 0 aromatic rings. The number of carbonyl (C=O) groups is 3. The predicted molar refractivity (Wildman–Crippen MR) is 76.8 cm³/mol. The molecule has 0 fully saturated rings. The van der Waals surface area contributed by atoms with Gasteiger partial charge < -0.3 is 20.1 Å². The molecule has 7 nitrogen and oxygen atoms in total. The van der Waals surface area contributed by atoms with E-state index in [-0.39, 0.29) is 12.6 Å². The van der Waals surface area contributed by atoms with Gasteiger partial charge in [-0.1, -0.05) is 0 Å². The van der Waals surface area contributed by atoms with Crippen molar-refractivity contribution < 1.29 is 24.2 Å². The average Bonchev–Trinajstić information content (AvgIpc) is 2.39. The molecule has 0 saturated heterocycles. The predicted octanol–water partition coefficient (Wildman–Crippen LogP) is 0.786. The van der Waals surface area contributed by atoms with Crippen LogP contribution in [0.1, 0.15) is 20.3 Å². The average molecular weight is 306 g/mol. The molecule has 0 aliphatic rings. The van der Waals surface area contributed by atoms with Crippen molar-refractivity contribution in [3.63, 3.8) is 0 Å². The number of thioether (sulfide) groups is 1. The van der Waals surface area contributed by atoms with Crippen molar-refractivity contribution in [1.82, 2.24) is 10.2 Å². The first kappa shape index (κ1) is 18.6. The molecule has 0 bridgehead atoms. The summed E-state index contributed by atoms with van der Waals surface area (Å²) in [6.45, 7) is 3.26. The number of nitrogens with one attached hydrogen (secondary N) is 1. The van der Waals surface area contributed by atoms with Gasteiger partial charge in [0.25, 0.3) is 0 Å². The minimum absolute atomic E-state index is 0.213. The summed E-state index contributed by atoms with van der Waals surface area (Å²) in [6.07, 6.45) is 2.19. The fourth-order valence-corrected chi connectivity index (χ4v) is 1.89. The number of amides is 2. The fraction of sp³-hybridized carbons (Fsp3) is 0.750. The van der Waals surface area contributed by atoms with Crippen molar-refractivity contribution >= 4 is 29.7 Å². The van der Waals surface area contributed by atoms with Gasteiger partial charge in [0.05, 0.1) is 7.11 Å². The van der Waals surface area contributed by atoms with Crippen molar-refractivity contribution in [3.05, 3.63) is 0 Å². The first-order valence-corrected chi connectivity index (χ1v) is 7.58. The van der Waals surface area contributed by atoms with Gasteiger partial charge in [-0.15, -0.1) is 0 Å². The third-order valence-corrected chi connectivity index (χ3v) is 3.26. The second kappa shape index (κ2) is 9.46. The number of urea groups is 1. The van der Waals surface area contributed by atoms with E-state index in [1.807, 2.05) is 6.26 Å². The topological polar surface area (TPSA) is 95.9 Å². The number of esters is 1. The Morgan fingerprint density at radius 3 is 2.35 bits per heavy atom. The van der Waals surface area contributed by atoms with Crippen molar-refractivity contribution in [2.75, 3.05) is 25.7 Å². The van der Waals surface area contributed by atoms with Gasteiger partial charge in [0, 0.05) is 6.04 Å². The molecule has 0 heterocycles. The molecule has 116 valence electrons. The number of ether oxygens (including phenoxy) is 1. The lowest BCUT2D eigenvalue weighted by molar-refractivity contribution is -0.141. The second-order valence-electron chi connectivity index (χ2n) is 4.42. The van der Waals surface area contributed by atoms with E-state index in [1.54, 1.807) is 13.8 Å². The Bertz CT molecular complexity index is 349. The Morgan fingerprint density at radius 1 is 1.35 bits per heavy atom. The van der Waals surface area contributed by atoms with E-state index in [4.69, 9.17) is 5.11 Å². The lowest BCUT2D eigenvalue weighted by atomic mass is 10.2. The van der Waals surface area contributed by atoms with Crippen molar-refractivity contribution in [1.29, 1.82) is 0 Å². The van der Waals surface area contributed by atoms with Crippen LogP contribution in [0.25, 0.3) is 0 Å². The number of hydrogen-bond donors (Lipinski definition) is 2. The maximum atomic E-state index is 12.1. The van der Waals surface area contributed by atoms with Gasteiger partial charge in [0.2, 0.25) is 0 Å². The Hall–Kier alpha value is -1.44. The fourth-order valence-electron chi connectivity index (χ4n) is 1.42. The van der Waals surface area contributed by atoms with Crippen LogP contribution in [-0.2, 0) is 14.3 Å². The van der Waals surface area contributed by atoms with Gasteiger partial charge >= 0.3 is 18.0 Å². The molecule has 0 saturated carbocycles. The van der Waals surface area contributed by atoms with Gasteiger partial charge in [0.1, 0.15) is 12.6 Å². The van der Waals surface area contributed by atoms with E-state index in [0.717, 1.165) is 0 Å². The molecule has 1 atom stereocenters. The van der Waals surface area contributed by atoms with Crippen LogP contribution in [0.5, 0.6) is 0 Å². The number of methoxy groups -OCH3 is 1. The summed E-state index contributed by atoms with van der Waals surface area (Å²) in [5, 5.41) is 11.5. The van der Waals surface area contributed by atoms with Crippen molar-refractivity contribution in [2.45, 2.75) is 32.4 Å². The third kappa shape index (κ3) is 6.65. The molecule has 0 rings (SSSR count). The molecule has 1 unspecified atom stereocenters. The summed E-state index contributed by atoms with van der Waals surface area (Å²) in [4.78, 5) is 35.6. The van der Waals surface area contributed by atoms with E-state index in [1.165, 1.54) is 23.8 Å². The second-order valence-corrected chi connectivity index (χ2v) is 5.41. The quantitative estimate of drug-likeness (QED) is 0.644. The maximum Gasteiger partial charge on any atom is 0.326 e. The van der Waals surface area contributed by atoms with Crippen LogP contribution < -0.4 is 5.32 Å². The van der Waals surface area contributed by atoms with Crippen LogP contribution in [0.3, 0.4) is 0 Å². The van der Waals surface area contributed by atoms with E-state index < -0.39 is 24.0 Å². The van der Waals surface area contributed by atoms with Crippen LogP contribution in [-0.4, -0.2) is 65.7 Å². The molecule has 0 aromatic carbocycles. The van der Waals surface area contributed by atoms with Crippen molar-refractivity contribution in [3.8, 4) is 0 Å². The van der Waals surface area contributed by atoms with Crippen LogP contribution in [0.4, 0.5) is 4.79 Å². The summed E-state index contributed by atoms with van der Waals surface area (Å²) in [5.41, 5.74) is 0. The molecular weight excluding hydrogens is 284 g/mol. The molecule has 0 aliphatic carbocycles. The van der Waals surface area contributed by atoms with Gasteiger partial charge in [-0.2, -0.15) is 11.8 Å². The Morgan fingerprint density at radius 2 is 1.95 bits per heavy atom. The monoisotopic (exact) mass is 306 g/mol. The lowest BCUT2D eigenvalue weighted by Crippen LogP contribution is -2.51.